The highest BCUT2D eigenvalue weighted by Crippen LogP contribution is 2.36. The molecule has 2 aliphatic heterocycles. The Kier molecular flexibility index (Phi) is 8.49. The van der Waals surface area contributed by atoms with E-state index in [1.165, 1.54) is 29.5 Å². The number of rotatable bonds is 7. The van der Waals surface area contributed by atoms with Gasteiger partial charge in [0.15, 0.2) is 5.65 Å². The van der Waals surface area contributed by atoms with E-state index in [4.69, 9.17) is 4.74 Å². The number of amides is 2. The SMILES string of the molecule is COc1ccc(-n2ccc3c(=O)n(CC4(O)CCN(C(=O)[C@@H]5CCN(C(=O)c6cnccn6)C[C@H]5c5ccccc5)CC4)cnc32)cc1. The van der Waals surface area contributed by atoms with Crippen LogP contribution in [0.15, 0.2) is 96.6 Å². The zero-order valence-electron chi connectivity index (χ0n) is 26.7. The molecule has 7 rings (SSSR count). The quantitative estimate of drug-likeness (QED) is 0.284. The van der Waals surface area contributed by atoms with Gasteiger partial charge in [-0.15, -0.1) is 0 Å². The van der Waals surface area contributed by atoms with Crippen LogP contribution in [0.1, 0.15) is 41.2 Å². The number of methoxy groups -OCH3 is 1. The second kappa shape index (κ2) is 13.0. The maximum absolute atomic E-state index is 14.1. The van der Waals surface area contributed by atoms with Gasteiger partial charge in [-0.1, -0.05) is 30.3 Å². The molecule has 2 aromatic carbocycles. The summed E-state index contributed by atoms with van der Waals surface area (Å²) in [6.07, 6.45) is 8.97. The van der Waals surface area contributed by atoms with E-state index in [0.717, 1.165) is 17.0 Å². The molecule has 2 saturated heterocycles. The van der Waals surface area contributed by atoms with Crippen molar-refractivity contribution in [2.24, 2.45) is 5.92 Å². The van der Waals surface area contributed by atoms with Gasteiger partial charge >= 0.3 is 0 Å². The van der Waals surface area contributed by atoms with Crippen molar-refractivity contribution in [3.63, 3.8) is 0 Å². The molecule has 3 aromatic heterocycles. The van der Waals surface area contributed by atoms with Crippen molar-refractivity contribution in [2.75, 3.05) is 33.3 Å². The van der Waals surface area contributed by atoms with E-state index in [0.29, 0.717) is 56.5 Å². The minimum absolute atomic E-state index is 0.0256. The Balaban J connectivity index is 1.03. The fourth-order valence-corrected chi connectivity index (χ4v) is 7.01. The smallest absolute Gasteiger partial charge is 0.274 e. The standard InChI is InChI=1S/C36H37N7O5/c1-48-27-9-7-26(8-10-27)43-18-12-29-32(43)39-24-42(34(29)45)23-36(47)13-19-40(20-14-36)33(44)28-11-17-41(35(46)31-21-37-15-16-38-31)22-30(28)25-5-3-2-4-6-25/h2-10,12,15-16,18,21,24,28,30,47H,11,13-14,17,19-20,22-23H2,1H3/t28-,30+/m1/s1. The first-order valence-corrected chi connectivity index (χ1v) is 16.2. The van der Waals surface area contributed by atoms with Crippen molar-refractivity contribution in [2.45, 2.75) is 37.3 Å². The topological polar surface area (TPSA) is 136 Å². The number of carbonyl (C=O) groups is 2. The molecule has 0 aliphatic carbocycles. The van der Waals surface area contributed by atoms with Crippen LogP contribution in [-0.2, 0) is 11.3 Å². The number of fused-ring (bicyclic) bond motifs is 1. The van der Waals surface area contributed by atoms with Crippen LogP contribution in [0.25, 0.3) is 16.7 Å². The number of ether oxygens (including phenoxy) is 1. The van der Waals surface area contributed by atoms with Crippen molar-refractivity contribution in [3.05, 3.63) is 113 Å². The predicted octanol–water partition coefficient (Wildman–Crippen LogP) is 3.29. The lowest BCUT2D eigenvalue weighted by Crippen LogP contribution is -2.53. The average Bonchev–Trinajstić information content (AvgIpc) is 3.58. The van der Waals surface area contributed by atoms with Crippen LogP contribution in [0.3, 0.4) is 0 Å². The van der Waals surface area contributed by atoms with Crippen molar-refractivity contribution in [1.82, 2.24) is 33.9 Å². The average molecular weight is 648 g/mol. The monoisotopic (exact) mass is 647 g/mol. The molecule has 0 radical (unpaired) electrons. The first-order valence-electron chi connectivity index (χ1n) is 16.2. The third-order valence-electron chi connectivity index (χ3n) is 9.72. The Bertz CT molecular complexity index is 1970. The molecule has 5 heterocycles. The number of nitrogens with zero attached hydrogens (tertiary/aromatic N) is 7. The number of benzene rings is 2. The van der Waals surface area contributed by atoms with E-state index in [-0.39, 0.29) is 41.4 Å². The number of likely N-dealkylation sites (tertiary alicyclic amines) is 2. The summed E-state index contributed by atoms with van der Waals surface area (Å²) >= 11 is 0. The normalized spacial score (nSPS) is 19.3. The molecular formula is C36H37N7O5. The zero-order chi connectivity index (χ0) is 33.3. The summed E-state index contributed by atoms with van der Waals surface area (Å²) in [4.78, 5) is 57.1. The fourth-order valence-electron chi connectivity index (χ4n) is 7.01. The Hall–Kier alpha value is -5.36. The molecule has 0 saturated carbocycles. The van der Waals surface area contributed by atoms with Crippen LogP contribution in [0.2, 0.25) is 0 Å². The predicted molar refractivity (Wildman–Crippen MR) is 178 cm³/mol. The second-order valence-electron chi connectivity index (χ2n) is 12.6. The summed E-state index contributed by atoms with van der Waals surface area (Å²) in [5.41, 5.74) is 1.28. The molecule has 5 aromatic rings. The van der Waals surface area contributed by atoms with Crippen LogP contribution >= 0.6 is 0 Å². The first kappa shape index (κ1) is 31.3. The molecule has 0 bridgehead atoms. The maximum Gasteiger partial charge on any atom is 0.274 e. The van der Waals surface area contributed by atoms with Gasteiger partial charge in [0.25, 0.3) is 11.5 Å². The highest BCUT2D eigenvalue weighted by atomic mass is 16.5. The van der Waals surface area contributed by atoms with Gasteiger partial charge in [-0.2, -0.15) is 0 Å². The summed E-state index contributed by atoms with van der Waals surface area (Å²) in [5, 5.41) is 12.1. The Labute approximate surface area is 277 Å². The van der Waals surface area contributed by atoms with Crippen LogP contribution < -0.4 is 10.3 Å². The third kappa shape index (κ3) is 6.06. The molecule has 246 valence electrons. The van der Waals surface area contributed by atoms with E-state index in [2.05, 4.69) is 15.0 Å². The molecule has 12 heteroatoms. The van der Waals surface area contributed by atoms with E-state index in [1.807, 2.05) is 70.3 Å². The fraction of sp³-hybridized carbons (Fsp3) is 0.333. The molecule has 0 unspecified atom stereocenters. The second-order valence-corrected chi connectivity index (χ2v) is 12.6. The van der Waals surface area contributed by atoms with Gasteiger partial charge in [-0.05, 0) is 55.2 Å². The number of carbonyl (C=O) groups excluding carboxylic acids is 2. The molecule has 48 heavy (non-hydrogen) atoms. The van der Waals surface area contributed by atoms with Crippen molar-refractivity contribution >= 4 is 22.8 Å². The summed E-state index contributed by atoms with van der Waals surface area (Å²) in [5.74, 6) is 0.0683. The van der Waals surface area contributed by atoms with Crippen molar-refractivity contribution in [1.29, 1.82) is 0 Å². The first-order chi connectivity index (χ1) is 23.3. The molecule has 2 atom stereocenters. The minimum atomic E-state index is -1.17. The molecule has 2 aliphatic rings. The Morgan fingerprint density at radius 2 is 1.73 bits per heavy atom. The molecular weight excluding hydrogens is 610 g/mol. The van der Waals surface area contributed by atoms with E-state index < -0.39 is 5.60 Å². The zero-order valence-corrected chi connectivity index (χ0v) is 26.7. The highest BCUT2D eigenvalue weighted by molar-refractivity contribution is 5.92. The van der Waals surface area contributed by atoms with Gasteiger partial charge in [0.1, 0.15) is 17.8 Å². The van der Waals surface area contributed by atoms with Crippen molar-refractivity contribution in [3.8, 4) is 11.4 Å². The maximum atomic E-state index is 14.1. The van der Waals surface area contributed by atoms with E-state index >= 15 is 0 Å². The summed E-state index contributed by atoms with van der Waals surface area (Å²) < 4.78 is 8.56. The summed E-state index contributed by atoms with van der Waals surface area (Å²) in [6, 6.07) is 19.1. The number of piperidine rings is 2. The Morgan fingerprint density at radius 3 is 2.44 bits per heavy atom. The molecule has 0 spiro atoms. The lowest BCUT2D eigenvalue weighted by Gasteiger charge is -2.43. The number of hydrogen-bond acceptors (Lipinski definition) is 8. The number of aromatic nitrogens is 5. The highest BCUT2D eigenvalue weighted by Gasteiger charge is 2.42. The minimum Gasteiger partial charge on any atom is -0.497 e. The number of hydrogen-bond donors (Lipinski definition) is 1. The van der Waals surface area contributed by atoms with Crippen LogP contribution in [0.5, 0.6) is 5.75 Å². The van der Waals surface area contributed by atoms with E-state index in [9.17, 15) is 19.5 Å². The molecule has 2 fully saturated rings. The van der Waals surface area contributed by atoms with Gasteiger partial charge in [0.05, 0.1) is 30.8 Å². The third-order valence-corrected chi connectivity index (χ3v) is 9.72. The van der Waals surface area contributed by atoms with Crippen LogP contribution in [-0.4, -0.2) is 89.7 Å². The molecule has 2 amide bonds. The lowest BCUT2D eigenvalue weighted by molar-refractivity contribution is -0.142. The Morgan fingerprint density at radius 1 is 0.958 bits per heavy atom. The summed E-state index contributed by atoms with van der Waals surface area (Å²) in [6.45, 7) is 1.65. The van der Waals surface area contributed by atoms with E-state index in [1.54, 1.807) is 18.1 Å². The largest absolute Gasteiger partial charge is 0.497 e. The molecule has 12 nitrogen and oxygen atoms in total. The van der Waals surface area contributed by atoms with Crippen LogP contribution in [0.4, 0.5) is 0 Å². The van der Waals surface area contributed by atoms with Gasteiger partial charge < -0.3 is 24.2 Å². The summed E-state index contributed by atoms with van der Waals surface area (Å²) in [7, 11) is 1.61. The van der Waals surface area contributed by atoms with Gasteiger partial charge in [0, 0.05) is 62.3 Å². The number of aliphatic hydroxyl groups is 1. The molecule has 1 N–H and O–H groups in total. The van der Waals surface area contributed by atoms with Crippen LogP contribution in [0, 0.1) is 5.92 Å². The lowest BCUT2D eigenvalue weighted by atomic mass is 9.79. The van der Waals surface area contributed by atoms with Gasteiger partial charge in [0.2, 0.25) is 5.91 Å². The van der Waals surface area contributed by atoms with Gasteiger partial charge in [-0.3, -0.25) is 23.9 Å². The van der Waals surface area contributed by atoms with Crippen molar-refractivity contribution < 1.29 is 19.4 Å². The van der Waals surface area contributed by atoms with Gasteiger partial charge in [-0.25, -0.2) is 9.97 Å².